The average Bonchev–Trinajstić information content (AvgIpc) is 2.87. The van der Waals surface area contributed by atoms with Crippen molar-refractivity contribution >= 4 is 22.4 Å². The maximum absolute atomic E-state index is 12.5. The predicted octanol–water partition coefficient (Wildman–Crippen LogP) is 2.63. The van der Waals surface area contributed by atoms with Crippen molar-refractivity contribution in [1.29, 1.82) is 0 Å². The van der Waals surface area contributed by atoms with Gasteiger partial charge in [-0.1, -0.05) is 20.8 Å². The number of hydrogen-bond acceptors (Lipinski definition) is 5. The Morgan fingerprint density at radius 2 is 2.09 bits per heavy atom. The van der Waals surface area contributed by atoms with Gasteiger partial charge in [-0.05, 0) is 19.3 Å². The van der Waals surface area contributed by atoms with E-state index in [0.717, 1.165) is 44.7 Å². The lowest BCUT2D eigenvalue weighted by Crippen LogP contribution is -2.59. The van der Waals surface area contributed by atoms with Gasteiger partial charge in [0.1, 0.15) is 0 Å². The van der Waals surface area contributed by atoms with Crippen LogP contribution >= 0.6 is 11.3 Å². The van der Waals surface area contributed by atoms with Crippen molar-refractivity contribution in [3.05, 3.63) is 11.1 Å². The quantitative estimate of drug-likeness (QED) is 0.929. The fraction of sp³-hybridized carbons (Fsp3) is 0.750. The van der Waals surface area contributed by atoms with E-state index in [4.69, 9.17) is 4.74 Å². The number of nitrogens with one attached hydrogen (secondary N) is 1. The normalized spacial score (nSPS) is 24.0. The summed E-state index contributed by atoms with van der Waals surface area (Å²) in [6, 6.07) is 0.504. The standard InChI is InChI=1S/C16H25N3O2S/c1-16(2,3)13-10-22-15(17-13)18-14(20)12-4-7-19(12)11-5-8-21-9-6-11/h10-12H,4-9H2,1-3H3,(H,17,18,20). The van der Waals surface area contributed by atoms with E-state index in [1.165, 1.54) is 11.3 Å². The number of likely N-dealkylation sites (tertiary alicyclic amines) is 1. The third kappa shape index (κ3) is 3.34. The minimum atomic E-state index is 0.00471. The van der Waals surface area contributed by atoms with Gasteiger partial charge in [0.05, 0.1) is 11.7 Å². The van der Waals surface area contributed by atoms with Gasteiger partial charge >= 0.3 is 0 Å². The zero-order valence-electron chi connectivity index (χ0n) is 13.6. The van der Waals surface area contributed by atoms with Crippen molar-refractivity contribution in [1.82, 2.24) is 9.88 Å². The van der Waals surface area contributed by atoms with Crippen molar-refractivity contribution in [3.63, 3.8) is 0 Å². The summed E-state index contributed by atoms with van der Waals surface area (Å²) in [5.41, 5.74) is 1.05. The van der Waals surface area contributed by atoms with Crippen LogP contribution in [0, 0.1) is 0 Å². The summed E-state index contributed by atoms with van der Waals surface area (Å²) in [6.45, 7) is 9.05. The van der Waals surface area contributed by atoms with Crippen LogP contribution < -0.4 is 5.32 Å². The maximum atomic E-state index is 12.5. The molecule has 3 heterocycles. The molecule has 0 radical (unpaired) electrons. The molecular weight excluding hydrogens is 298 g/mol. The molecule has 0 bridgehead atoms. The Morgan fingerprint density at radius 1 is 1.36 bits per heavy atom. The van der Waals surface area contributed by atoms with Gasteiger partial charge in [0.25, 0.3) is 0 Å². The summed E-state index contributed by atoms with van der Waals surface area (Å²) in [7, 11) is 0. The fourth-order valence-electron chi connectivity index (χ4n) is 3.01. The van der Waals surface area contributed by atoms with Crippen LogP contribution in [0.4, 0.5) is 5.13 Å². The third-order valence-electron chi connectivity index (χ3n) is 4.53. The summed E-state index contributed by atoms with van der Waals surface area (Å²) in [5.74, 6) is 0.0903. The zero-order chi connectivity index (χ0) is 15.7. The van der Waals surface area contributed by atoms with E-state index in [2.05, 4.69) is 36.0 Å². The molecule has 5 nitrogen and oxygen atoms in total. The molecule has 0 saturated carbocycles. The molecule has 0 aromatic carbocycles. The van der Waals surface area contributed by atoms with Gasteiger partial charge in [-0.2, -0.15) is 0 Å². The monoisotopic (exact) mass is 323 g/mol. The second kappa shape index (κ2) is 6.26. The largest absolute Gasteiger partial charge is 0.381 e. The molecule has 1 unspecified atom stereocenters. The van der Waals surface area contributed by atoms with Gasteiger partial charge in [-0.3, -0.25) is 9.69 Å². The highest BCUT2D eigenvalue weighted by atomic mass is 32.1. The average molecular weight is 323 g/mol. The number of aromatic nitrogens is 1. The molecule has 2 aliphatic heterocycles. The predicted molar refractivity (Wildman–Crippen MR) is 88.4 cm³/mol. The molecule has 22 heavy (non-hydrogen) atoms. The number of rotatable bonds is 3. The molecule has 1 aromatic heterocycles. The maximum Gasteiger partial charge on any atom is 0.243 e. The molecule has 1 N–H and O–H groups in total. The van der Waals surface area contributed by atoms with Crippen molar-refractivity contribution in [2.45, 2.75) is 57.5 Å². The first-order valence-electron chi connectivity index (χ1n) is 8.05. The van der Waals surface area contributed by atoms with Crippen molar-refractivity contribution in [3.8, 4) is 0 Å². The van der Waals surface area contributed by atoms with E-state index in [0.29, 0.717) is 11.2 Å². The highest BCUT2D eigenvalue weighted by Crippen LogP contribution is 2.29. The third-order valence-corrected chi connectivity index (χ3v) is 5.28. The summed E-state index contributed by atoms with van der Waals surface area (Å²) in [6.07, 6.45) is 3.02. The van der Waals surface area contributed by atoms with E-state index < -0.39 is 0 Å². The van der Waals surface area contributed by atoms with Crippen LogP contribution in [-0.4, -0.2) is 47.6 Å². The van der Waals surface area contributed by atoms with E-state index >= 15 is 0 Å². The first-order valence-corrected chi connectivity index (χ1v) is 8.93. The molecule has 0 aliphatic carbocycles. The lowest BCUT2D eigenvalue weighted by atomic mass is 9.93. The second-order valence-corrected chi connectivity index (χ2v) is 8.02. The summed E-state index contributed by atoms with van der Waals surface area (Å²) in [5, 5.41) is 5.75. The molecule has 2 fully saturated rings. The van der Waals surface area contributed by atoms with Gasteiger partial charge in [0.2, 0.25) is 5.91 Å². The van der Waals surface area contributed by atoms with Crippen LogP contribution in [0.25, 0.3) is 0 Å². The minimum Gasteiger partial charge on any atom is -0.381 e. The highest BCUT2D eigenvalue weighted by Gasteiger charge is 2.39. The van der Waals surface area contributed by atoms with E-state index in [1.807, 2.05) is 5.38 Å². The summed E-state index contributed by atoms with van der Waals surface area (Å²) in [4.78, 5) is 19.4. The SMILES string of the molecule is CC(C)(C)c1csc(NC(=O)C2CCN2C2CCOCC2)n1. The Morgan fingerprint density at radius 3 is 2.64 bits per heavy atom. The number of hydrogen-bond donors (Lipinski definition) is 1. The first kappa shape index (κ1) is 15.9. The number of anilines is 1. The van der Waals surface area contributed by atoms with Crippen LogP contribution in [0.15, 0.2) is 5.38 Å². The molecular formula is C16H25N3O2S. The number of nitrogens with zero attached hydrogens (tertiary/aromatic N) is 2. The molecule has 1 aromatic rings. The van der Waals surface area contributed by atoms with Crippen LogP contribution in [0.5, 0.6) is 0 Å². The first-order chi connectivity index (χ1) is 10.4. The number of carbonyl (C=O) groups is 1. The van der Waals surface area contributed by atoms with Crippen LogP contribution in [-0.2, 0) is 14.9 Å². The van der Waals surface area contributed by atoms with E-state index in [-0.39, 0.29) is 17.4 Å². The van der Waals surface area contributed by atoms with Crippen LogP contribution in [0.3, 0.4) is 0 Å². The van der Waals surface area contributed by atoms with Gasteiger partial charge in [-0.15, -0.1) is 11.3 Å². The lowest BCUT2D eigenvalue weighted by molar-refractivity contribution is -0.129. The number of amides is 1. The Bertz CT molecular complexity index is 532. The molecule has 3 rings (SSSR count). The van der Waals surface area contributed by atoms with Gasteiger partial charge in [-0.25, -0.2) is 4.98 Å². The van der Waals surface area contributed by atoms with Crippen molar-refractivity contribution in [2.24, 2.45) is 0 Å². The number of thiazole rings is 1. The van der Waals surface area contributed by atoms with Crippen LogP contribution in [0.1, 0.15) is 45.7 Å². The minimum absolute atomic E-state index is 0.00471. The molecule has 2 saturated heterocycles. The molecule has 1 atom stereocenters. The Hall–Kier alpha value is -0.980. The zero-order valence-corrected chi connectivity index (χ0v) is 14.4. The topological polar surface area (TPSA) is 54.5 Å². The summed E-state index contributed by atoms with van der Waals surface area (Å²) < 4.78 is 5.41. The smallest absolute Gasteiger partial charge is 0.243 e. The van der Waals surface area contributed by atoms with E-state index in [9.17, 15) is 4.79 Å². The van der Waals surface area contributed by atoms with Gasteiger partial charge in [0.15, 0.2) is 5.13 Å². The fourth-order valence-corrected chi connectivity index (χ4v) is 3.95. The Kier molecular flexibility index (Phi) is 4.52. The van der Waals surface area contributed by atoms with Gasteiger partial charge < -0.3 is 10.1 Å². The van der Waals surface area contributed by atoms with Crippen LogP contribution in [0.2, 0.25) is 0 Å². The van der Waals surface area contributed by atoms with Gasteiger partial charge in [0, 0.05) is 36.6 Å². The lowest BCUT2D eigenvalue weighted by Gasteiger charge is -2.46. The van der Waals surface area contributed by atoms with E-state index in [1.54, 1.807) is 0 Å². The number of ether oxygens (including phenoxy) is 1. The Balaban J connectivity index is 1.58. The molecule has 122 valence electrons. The summed E-state index contributed by atoms with van der Waals surface area (Å²) >= 11 is 1.51. The molecule has 0 spiro atoms. The second-order valence-electron chi connectivity index (χ2n) is 7.16. The Labute approximate surface area is 136 Å². The molecule has 6 heteroatoms. The number of carbonyl (C=O) groups excluding carboxylic acids is 1. The molecule has 2 aliphatic rings. The highest BCUT2D eigenvalue weighted by molar-refractivity contribution is 7.14. The van der Waals surface area contributed by atoms with Crippen molar-refractivity contribution in [2.75, 3.05) is 25.1 Å². The van der Waals surface area contributed by atoms with Crippen molar-refractivity contribution < 1.29 is 9.53 Å². The molecule has 1 amide bonds.